The molecular formula is C14H21ClN2O. The third-order valence-electron chi connectivity index (χ3n) is 3.31. The number of carbonyl (C=O) groups excluding carboxylic acids is 1. The number of nitrogens with one attached hydrogen (secondary N) is 1. The summed E-state index contributed by atoms with van der Waals surface area (Å²) in [7, 11) is 0. The van der Waals surface area contributed by atoms with E-state index in [9.17, 15) is 4.79 Å². The summed E-state index contributed by atoms with van der Waals surface area (Å²) in [5.74, 6) is 0.136. The smallest absolute Gasteiger partial charge is 0.254 e. The Hall–Kier alpha value is -1.06. The zero-order valence-electron chi connectivity index (χ0n) is 11.2. The molecule has 0 bridgehead atoms. The van der Waals surface area contributed by atoms with Crippen LogP contribution in [0, 0.1) is 0 Å². The predicted molar refractivity (Wildman–Crippen MR) is 76.1 cm³/mol. The van der Waals surface area contributed by atoms with Crippen LogP contribution >= 0.6 is 12.4 Å². The van der Waals surface area contributed by atoms with E-state index in [2.05, 4.69) is 25.2 Å². The number of carbonyl (C=O) groups is 1. The van der Waals surface area contributed by atoms with Crippen LogP contribution in [0.2, 0.25) is 0 Å². The van der Waals surface area contributed by atoms with Gasteiger partial charge < -0.3 is 10.2 Å². The summed E-state index contributed by atoms with van der Waals surface area (Å²) in [6.07, 6.45) is 0. The topological polar surface area (TPSA) is 32.3 Å². The summed E-state index contributed by atoms with van der Waals surface area (Å²) in [6, 6.07) is 6.29. The SMILES string of the molecule is CCN(C(=O)c1ccc2c(c1)CNC2)C(C)C.Cl. The van der Waals surface area contributed by atoms with Gasteiger partial charge in [0.15, 0.2) is 0 Å². The Bertz CT molecular complexity index is 432. The Morgan fingerprint density at radius 1 is 1.33 bits per heavy atom. The highest BCUT2D eigenvalue weighted by Gasteiger charge is 2.19. The third-order valence-corrected chi connectivity index (χ3v) is 3.31. The van der Waals surface area contributed by atoms with Crippen molar-refractivity contribution < 1.29 is 4.79 Å². The molecule has 4 heteroatoms. The fourth-order valence-electron chi connectivity index (χ4n) is 2.34. The Labute approximate surface area is 115 Å². The van der Waals surface area contributed by atoms with Crippen molar-refractivity contribution >= 4 is 18.3 Å². The molecule has 1 N–H and O–H groups in total. The zero-order chi connectivity index (χ0) is 12.4. The number of nitrogens with zero attached hydrogens (tertiary/aromatic N) is 1. The first-order valence-electron chi connectivity index (χ1n) is 6.27. The predicted octanol–water partition coefficient (Wildman–Crippen LogP) is 2.58. The summed E-state index contributed by atoms with van der Waals surface area (Å²) >= 11 is 0. The molecule has 0 atom stereocenters. The fraction of sp³-hybridized carbons (Fsp3) is 0.500. The van der Waals surface area contributed by atoms with Crippen molar-refractivity contribution in [1.82, 2.24) is 10.2 Å². The van der Waals surface area contributed by atoms with Gasteiger partial charge in [0, 0.05) is 31.2 Å². The van der Waals surface area contributed by atoms with Gasteiger partial charge in [-0.25, -0.2) is 0 Å². The van der Waals surface area contributed by atoms with Crippen molar-refractivity contribution in [3.8, 4) is 0 Å². The molecule has 0 unspecified atom stereocenters. The standard InChI is InChI=1S/C14H20N2O.ClH/c1-4-16(10(2)3)14(17)11-5-6-12-8-15-9-13(12)7-11;/h5-7,10,15H,4,8-9H2,1-3H3;1H. The minimum Gasteiger partial charge on any atom is -0.337 e. The zero-order valence-corrected chi connectivity index (χ0v) is 12.0. The molecule has 1 amide bonds. The van der Waals surface area contributed by atoms with Crippen LogP contribution in [0.15, 0.2) is 18.2 Å². The lowest BCUT2D eigenvalue weighted by molar-refractivity contribution is 0.0717. The van der Waals surface area contributed by atoms with Crippen LogP contribution in [0.3, 0.4) is 0 Å². The van der Waals surface area contributed by atoms with Gasteiger partial charge in [-0.05, 0) is 44.0 Å². The van der Waals surface area contributed by atoms with Gasteiger partial charge in [0.2, 0.25) is 0 Å². The van der Waals surface area contributed by atoms with Gasteiger partial charge in [0.1, 0.15) is 0 Å². The normalized spacial score (nSPS) is 13.1. The lowest BCUT2D eigenvalue weighted by atomic mass is 10.1. The van der Waals surface area contributed by atoms with Crippen LogP contribution in [0.1, 0.15) is 42.3 Å². The van der Waals surface area contributed by atoms with E-state index in [4.69, 9.17) is 0 Å². The molecule has 0 aromatic heterocycles. The van der Waals surface area contributed by atoms with E-state index >= 15 is 0 Å². The van der Waals surface area contributed by atoms with Gasteiger partial charge in [-0.1, -0.05) is 6.07 Å². The monoisotopic (exact) mass is 268 g/mol. The first-order valence-corrected chi connectivity index (χ1v) is 6.27. The minimum atomic E-state index is 0. The molecule has 0 fully saturated rings. The van der Waals surface area contributed by atoms with Gasteiger partial charge in [0.05, 0.1) is 0 Å². The van der Waals surface area contributed by atoms with Crippen molar-refractivity contribution in [3.63, 3.8) is 0 Å². The molecule has 100 valence electrons. The van der Waals surface area contributed by atoms with Crippen molar-refractivity contribution in [2.45, 2.75) is 39.9 Å². The molecule has 1 aromatic carbocycles. The highest BCUT2D eigenvalue weighted by atomic mass is 35.5. The number of benzene rings is 1. The molecule has 2 rings (SSSR count). The molecule has 1 aliphatic rings. The molecule has 1 aliphatic heterocycles. The maximum Gasteiger partial charge on any atom is 0.254 e. The second-order valence-electron chi connectivity index (χ2n) is 4.77. The highest BCUT2D eigenvalue weighted by molar-refractivity contribution is 5.94. The summed E-state index contributed by atoms with van der Waals surface area (Å²) in [5.41, 5.74) is 3.38. The fourth-order valence-corrected chi connectivity index (χ4v) is 2.34. The number of hydrogen-bond donors (Lipinski definition) is 1. The molecule has 18 heavy (non-hydrogen) atoms. The van der Waals surface area contributed by atoms with Crippen molar-refractivity contribution in [2.75, 3.05) is 6.54 Å². The maximum absolute atomic E-state index is 12.3. The van der Waals surface area contributed by atoms with Gasteiger partial charge in [-0.3, -0.25) is 4.79 Å². The Balaban J connectivity index is 0.00000162. The molecular weight excluding hydrogens is 248 g/mol. The van der Waals surface area contributed by atoms with Crippen molar-refractivity contribution in [1.29, 1.82) is 0 Å². The lowest BCUT2D eigenvalue weighted by Crippen LogP contribution is -2.36. The molecule has 0 saturated heterocycles. The van der Waals surface area contributed by atoms with Crippen LogP contribution in [-0.2, 0) is 13.1 Å². The number of halogens is 1. The second kappa shape index (κ2) is 6.21. The van der Waals surface area contributed by atoms with Crippen molar-refractivity contribution in [2.24, 2.45) is 0 Å². The van der Waals surface area contributed by atoms with Gasteiger partial charge in [0.25, 0.3) is 5.91 Å². The summed E-state index contributed by atoms with van der Waals surface area (Å²) < 4.78 is 0. The Kier molecular flexibility index (Phi) is 5.17. The van der Waals surface area contributed by atoms with Crippen LogP contribution < -0.4 is 5.32 Å². The number of hydrogen-bond acceptors (Lipinski definition) is 2. The molecule has 1 heterocycles. The quantitative estimate of drug-likeness (QED) is 0.914. The van der Waals surface area contributed by atoms with E-state index in [0.29, 0.717) is 0 Å². The van der Waals surface area contributed by atoms with Gasteiger partial charge in [-0.15, -0.1) is 12.4 Å². The maximum atomic E-state index is 12.3. The molecule has 0 saturated carbocycles. The Morgan fingerprint density at radius 2 is 2.00 bits per heavy atom. The van der Waals surface area contributed by atoms with E-state index < -0.39 is 0 Å². The summed E-state index contributed by atoms with van der Waals surface area (Å²) in [4.78, 5) is 14.2. The number of fused-ring (bicyclic) bond motifs is 1. The van der Waals surface area contributed by atoms with Crippen LogP contribution in [0.5, 0.6) is 0 Å². The van der Waals surface area contributed by atoms with E-state index in [1.807, 2.05) is 24.0 Å². The van der Waals surface area contributed by atoms with E-state index in [1.54, 1.807) is 0 Å². The first kappa shape index (κ1) is 15.0. The molecule has 0 radical (unpaired) electrons. The van der Waals surface area contributed by atoms with Crippen LogP contribution in [0.4, 0.5) is 0 Å². The third kappa shape index (κ3) is 2.85. The van der Waals surface area contributed by atoms with Crippen LogP contribution in [0.25, 0.3) is 0 Å². The number of amides is 1. The molecule has 1 aromatic rings. The summed E-state index contributed by atoms with van der Waals surface area (Å²) in [5, 5.41) is 3.29. The molecule has 0 aliphatic carbocycles. The molecule has 3 nitrogen and oxygen atoms in total. The van der Waals surface area contributed by atoms with E-state index in [-0.39, 0.29) is 24.4 Å². The average molecular weight is 269 g/mol. The first-order chi connectivity index (χ1) is 8.13. The number of rotatable bonds is 3. The largest absolute Gasteiger partial charge is 0.337 e. The van der Waals surface area contributed by atoms with Gasteiger partial charge >= 0.3 is 0 Å². The highest BCUT2D eigenvalue weighted by Crippen LogP contribution is 2.18. The van der Waals surface area contributed by atoms with Crippen molar-refractivity contribution in [3.05, 3.63) is 34.9 Å². The Morgan fingerprint density at radius 3 is 2.61 bits per heavy atom. The average Bonchev–Trinajstić information content (AvgIpc) is 2.75. The van der Waals surface area contributed by atoms with E-state index in [1.165, 1.54) is 11.1 Å². The van der Waals surface area contributed by atoms with E-state index in [0.717, 1.165) is 25.2 Å². The van der Waals surface area contributed by atoms with Crippen LogP contribution in [-0.4, -0.2) is 23.4 Å². The van der Waals surface area contributed by atoms with Gasteiger partial charge in [-0.2, -0.15) is 0 Å². The minimum absolute atomic E-state index is 0. The molecule has 0 spiro atoms. The lowest BCUT2D eigenvalue weighted by Gasteiger charge is -2.25. The summed E-state index contributed by atoms with van der Waals surface area (Å²) in [6.45, 7) is 8.68. The second-order valence-corrected chi connectivity index (χ2v) is 4.77.